The first kappa shape index (κ1) is 17.5. The van der Waals surface area contributed by atoms with Gasteiger partial charge in [-0.15, -0.1) is 0 Å². The van der Waals surface area contributed by atoms with Crippen molar-refractivity contribution < 1.29 is 4.79 Å². The van der Waals surface area contributed by atoms with Crippen molar-refractivity contribution in [2.75, 3.05) is 6.54 Å². The molecule has 1 aliphatic rings. The predicted octanol–water partition coefficient (Wildman–Crippen LogP) is 1.97. The van der Waals surface area contributed by atoms with E-state index >= 15 is 0 Å². The maximum Gasteiger partial charge on any atom is 0.217 e. The van der Waals surface area contributed by atoms with Gasteiger partial charge in [0.15, 0.2) is 0 Å². The van der Waals surface area contributed by atoms with Crippen LogP contribution in [0.3, 0.4) is 0 Å². The van der Waals surface area contributed by atoms with E-state index in [0.717, 1.165) is 49.7 Å². The Kier molecular flexibility index (Phi) is 5.43. The number of amides is 1. The standard InChI is InChI=1S/C18H26N6O/c1-4-24-12-15(13(2)22-24)11-23-9-5-6-17(23)18-19-8-7-16(21-18)10-20-14(3)25/h7-8,12,17H,4-6,9-11H2,1-3H3,(H,20,25)/t17-/m0/s1. The van der Waals surface area contributed by atoms with Gasteiger partial charge in [-0.2, -0.15) is 5.10 Å². The van der Waals surface area contributed by atoms with Gasteiger partial charge in [0, 0.05) is 38.0 Å². The summed E-state index contributed by atoms with van der Waals surface area (Å²) in [6.45, 7) is 8.93. The summed E-state index contributed by atoms with van der Waals surface area (Å²) < 4.78 is 1.99. The first-order valence-corrected chi connectivity index (χ1v) is 8.90. The van der Waals surface area contributed by atoms with Crippen molar-refractivity contribution in [1.82, 2.24) is 30.0 Å². The van der Waals surface area contributed by atoms with Crippen molar-refractivity contribution in [1.29, 1.82) is 0 Å². The molecule has 0 aromatic carbocycles. The topological polar surface area (TPSA) is 75.9 Å². The number of rotatable bonds is 6. The number of hydrogen-bond acceptors (Lipinski definition) is 5. The second-order valence-electron chi connectivity index (χ2n) is 6.54. The van der Waals surface area contributed by atoms with Gasteiger partial charge in [-0.3, -0.25) is 14.4 Å². The number of aryl methyl sites for hydroxylation is 2. The van der Waals surface area contributed by atoms with Crippen LogP contribution in [0.2, 0.25) is 0 Å². The molecule has 1 aliphatic heterocycles. The second kappa shape index (κ2) is 7.74. The monoisotopic (exact) mass is 342 g/mol. The molecule has 1 N–H and O–H groups in total. The molecule has 7 nitrogen and oxygen atoms in total. The molecule has 1 amide bonds. The van der Waals surface area contributed by atoms with E-state index in [1.54, 1.807) is 6.20 Å². The highest BCUT2D eigenvalue weighted by atomic mass is 16.1. The lowest BCUT2D eigenvalue weighted by Gasteiger charge is -2.23. The Morgan fingerprint density at radius 3 is 3.00 bits per heavy atom. The summed E-state index contributed by atoms with van der Waals surface area (Å²) in [7, 11) is 0. The van der Waals surface area contributed by atoms with Crippen LogP contribution < -0.4 is 5.32 Å². The van der Waals surface area contributed by atoms with E-state index in [4.69, 9.17) is 0 Å². The van der Waals surface area contributed by atoms with Crippen molar-refractivity contribution in [2.24, 2.45) is 0 Å². The largest absolute Gasteiger partial charge is 0.351 e. The number of carbonyl (C=O) groups is 1. The van der Waals surface area contributed by atoms with E-state index in [1.807, 2.05) is 10.7 Å². The lowest BCUT2D eigenvalue weighted by molar-refractivity contribution is -0.119. The molecule has 0 unspecified atom stereocenters. The molecule has 1 saturated heterocycles. The maximum atomic E-state index is 11.1. The average molecular weight is 342 g/mol. The molecule has 0 saturated carbocycles. The molecule has 134 valence electrons. The van der Waals surface area contributed by atoms with E-state index in [0.29, 0.717) is 6.54 Å². The Morgan fingerprint density at radius 2 is 2.28 bits per heavy atom. The zero-order valence-corrected chi connectivity index (χ0v) is 15.2. The minimum atomic E-state index is -0.0499. The summed E-state index contributed by atoms with van der Waals surface area (Å²) in [6, 6.07) is 2.08. The Labute approximate surface area is 148 Å². The number of aromatic nitrogens is 4. The third-order valence-electron chi connectivity index (χ3n) is 4.66. The smallest absolute Gasteiger partial charge is 0.217 e. The summed E-state index contributed by atoms with van der Waals surface area (Å²) in [6.07, 6.45) is 6.13. The molecule has 3 rings (SSSR count). The quantitative estimate of drug-likeness (QED) is 0.869. The minimum Gasteiger partial charge on any atom is -0.351 e. The van der Waals surface area contributed by atoms with Crippen LogP contribution in [0.4, 0.5) is 0 Å². The second-order valence-corrected chi connectivity index (χ2v) is 6.54. The van der Waals surface area contributed by atoms with Gasteiger partial charge in [0.1, 0.15) is 5.82 Å². The van der Waals surface area contributed by atoms with Crippen LogP contribution in [0.25, 0.3) is 0 Å². The highest BCUT2D eigenvalue weighted by Gasteiger charge is 2.29. The fraction of sp³-hybridized carbons (Fsp3) is 0.556. The molecular formula is C18H26N6O. The van der Waals surface area contributed by atoms with Crippen LogP contribution in [0.5, 0.6) is 0 Å². The lowest BCUT2D eigenvalue weighted by atomic mass is 10.2. The van der Waals surface area contributed by atoms with E-state index in [9.17, 15) is 4.79 Å². The molecule has 0 aliphatic carbocycles. The lowest BCUT2D eigenvalue weighted by Crippen LogP contribution is -2.25. The zero-order chi connectivity index (χ0) is 17.8. The predicted molar refractivity (Wildman–Crippen MR) is 94.6 cm³/mol. The SMILES string of the molecule is CCn1cc(CN2CCC[C@H]2c2nccc(CNC(C)=O)n2)c(C)n1. The molecule has 7 heteroatoms. The number of likely N-dealkylation sites (tertiary alicyclic amines) is 1. The Morgan fingerprint density at radius 1 is 1.44 bits per heavy atom. The summed E-state index contributed by atoms with van der Waals surface area (Å²) in [5, 5.41) is 7.34. The normalized spacial score (nSPS) is 17.8. The van der Waals surface area contributed by atoms with Gasteiger partial charge in [0.2, 0.25) is 5.91 Å². The molecule has 3 heterocycles. The van der Waals surface area contributed by atoms with Gasteiger partial charge < -0.3 is 5.32 Å². The summed E-state index contributed by atoms with van der Waals surface area (Å²) in [4.78, 5) is 22.7. The minimum absolute atomic E-state index is 0.0499. The Hall–Kier alpha value is -2.28. The van der Waals surface area contributed by atoms with Crippen LogP contribution in [0.15, 0.2) is 18.5 Å². The van der Waals surface area contributed by atoms with Gasteiger partial charge in [-0.25, -0.2) is 9.97 Å². The summed E-state index contributed by atoms with van der Waals surface area (Å²) in [5.74, 6) is 0.798. The van der Waals surface area contributed by atoms with E-state index in [-0.39, 0.29) is 11.9 Å². The first-order chi connectivity index (χ1) is 12.1. The molecule has 0 bridgehead atoms. The Bertz CT molecular complexity index is 741. The number of carbonyl (C=O) groups excluding carboxylic acids is 1. The van der Waals surface area contributed by atoms with Gasteiger partial charge in [0.05, 0.1) is 24.0 Å². The van der Waals surface area contributed by atoms with Gasteiger partial charge in [-0.1, -0.05) is 0 Å². The van der Waals surface area contributed by atoms with E-state index in [1.165, 1.54) is 12.5 Å². The van der Waals surface area contributed by atoms with Crippen LogP contribution >= 0.6 is 0 Å². The summed E-state index contributed by atoms with van der Waals surface area (Å²) >= 11 is 0. The number of hydrogen-bond donors (Lipinski definition) is 1. The Balaban J connectivity index is 1.73. The van der Waals surface area contributed by atoms with Crippen molar-refractivity contribution in [3.63, 3.8) is 0 Å². The molecule has 1 fully saturated rings. The summed E-state index contributed by atoms with van der Waals surface area (Å²) in [5.41, 5.74) is 3.21. The van der Waals surface area contributed by atoms with Crippen molar-refractivity contribution >= 4 is 5.91 Å². The third-order valence-corrected chi connectivity index (χ3v) is 4.66. The molecule has 2 aromatic heterocycles. The van der Waals surface area contributed by atoms with Gasteiger partial charge in [0.25, 0.3) is 0 Å². The van der Waals surface area contributed by atoms with E-state index in [2.05, 4.69) is 45.3 Å². The van der Waals surface area contributed by atoms with Crippen LogP contribution in [0, 0.1) is 6.92 Å². The molecule has 0 radical (unpaired) electrons. The van der Waals surface area contributed by atoms with Crippen molar-refractivity contribution in [3.8, 4) is 0 Å². The van der Waals surface area contributed by atoms with Crippen molar-refractivity contribution in [2.45, 2.75) is 59.3 Å². The molecule has 2 aromatic rings. The zero-order valence-electron chi connectivity index (χ0n) is 15.2. The molecule has 0 spiro atoms. The van der Waals surface area contributed by atoms with Crippen LogP contribution in [-0.4, -0.2) is 37.1 Å². The van der Waals surface area contributed by atoms with Gasteiger partial charge >= 0.3 is 0 Å². The van der Waals surface area contributed by atoms with E-state index < -0.39 is 0 Å². The highest BCUT2D eigenvalue weighted by molar-refractivity contribution is 5.72. The van der Waals surface area contributed by atoms with Crippen LogP contribution in [-0.2, 0) is 24.4 Å². The average Bonchev–Trinajstić information content (AvgIpc) is 3.20. The third kappa shape index (κ3) is 4.22. The molecule has 1 atom stereocenters. The fourth-order valence-corrected chi connectivity index (χ4v) is 3.29. The highest BCUT2D eigenvalue weighted by Crippen LogP contribution is 2.31. The fourth-order valence-electron chi connectivity index (χ4n) is 3.29. The number of nitrogens with zero attached hydrogens (tertiary/aromatic N) is 5. The van der Waals surface area contributed by atoms with Crippen LogP contribution in [0.1, 0.15) is 55.5 Å². The number of nitrogens with one attached hydrogen (secondary N) is 1. The maximum absolute atomic E-state index is 11.1. The van der Waals surface area contributed by atoms with Gasteiger partial charge in [-0.05, 0) is 39.3 Å². The van der Waals surface area contributed by atoms with Crippen molar-refractivity contribution in [3.05, 3.63) is 41.2 Å². The molecule has 25 heavy (non-hydrogen) atoms. The molecular weight excluding hydrogens is 316 g/mol. The first-order valence-electron chi connectivity index (χ1n) is 8.90.